The Morgan fingerprint density at radius 2 is 1.41 bits per heavy atom. The van der Waals surface area contributed by atoms with Gasteiger partial charge in [0.05, 0.1) is 18.2 Å². The van der Waals surface area contributed by atoms with Gasteiger partial charge in [-0.15, -0.1) is 0 Å². The molecule has 2 rings (SSSR count). The lowest BCUT2D eigenvalue weighted by molar-refractivity contribution is -0.697. The van der Waals surface area contributed by atoms with Crippen molar-refractivity contribution in [1.82, 2.24) is 5.32 Å². The molecule has 206 valence electrons. The molecule has 0 bridgehead atoms. The van der Waals surface area contributed by atoms with Crippen LogP contribution in [0.3, 0.4) is 0 Å². The third-order valence-electron chi connectivity index (χ3n) is 7.31. The summed E-state index contributed by atoms with van der Waals surface area (Å²) in [5, 5.41) is 3.23. The van der Waals surface area contributed by atoms with Gasteiger partial charge in [0.2, 0.25) is 0 Å². The lowest BCUT2D eigenvalue weighted by Gasteiger charge is -2.21. The van der Waals surface area contributed by atoms with Crippen molar-refractivity contribution >= 4 is 5.91 Å². The number of nitrogens with zero attached hydrogens (tertiary/aromatic N) is 1. The van der Waals surface area contributed by atoms with Gasteiger partial charge < -0.3 is 10.1 Å². The monoisotopic (exact) mass is 509 g/mol. The van der Waals surface area contributed by atoms with Gasteiger partial charge in [0.15, 0.2) is 12.4 Å². The molecular formula is C33H53N2O2+. The Morgan fingerprint density at radius 1 is 0.811 bits per heavy atom. The summed E-state index contributed by atoms with van der Waals surface area (Å²) >= 11 is 0. The van der Waals surface area contributed by atoms with Gasteiger partial charge in [0, 0.05) is 18.6 Å². The largest absolute Gasteiger partial charge is 0.493 e. The zero-order chi connectivity index (χ0) is 26.7. The molecule has 0 aliphatic rings. The summed E-state index contributed by atoms with van der Waals surface area (Å²) in [5.41, 5.74) is 2.96. The van der Waals surface area contributed by atoms with Crippen LogP contribution in [0.4, 0.5) is 0 Å². The van der Waals surface area contributed by atoms with Crippen LogP contribution in [-0.4, -0.2) is 12.5 Å². The fourth-order valence-electron chi connectivity index (χ4n) is 4.95. The van der Waals surface area contributed by atoms with Crippen LogP contribution in [0, 0.1) is 6.92 Å². The quantitative estimate of drug-likeness (QED) is 0.143. The van der Waals surface area contributed by atoms with Crippen molar-refractivity contribution < 1.29 is 14.1 Å². The Balaban J connectivity index is 1.72. The number of carbonyl (C=O) groups is 1. The third kappa shape index (κ3) is 11.7. The second kappa shape index (κ2) is 18.8. The first kappa shape index (κ1) is 30.9. The minimum absolute atomic E-state index is 0.0299. The second-order valence-electron chi connectivity index (χ2n) is 10.5. The molecule has 4 nitrogen and oxygen atoms in total. The summed E-state index contributed by atoms with van der Waals surface area (Å²) in [6, 6.07) is 9.98. The lowest BCUT2D eigenvalue weighted by atomic mass is 9.98. The van der Waals surface area contributed by atoms with E-state index in [1.54, 1.807) is 0 Å². The molecule has 2 aromatic rings. The molecule has 0 spiro atoms. The number of benzene rings is 1. The number of aromatic nitrogens is 1. The molecule has 37 heavy (non-hydrogen) atoms. The van der Waals surface area contributed by atoms with Crippen molar-refractivity contribution in [3.05, 3.63) is 59.4 Å². The zero-order valence-electron chi connectivity index (χ0n) is 24.2. The maximum Gasteiger partial charge on any atom is 0.252 e. The van der Waals surface area contributed by atoms with Crippen LogP contribution in [0.15, 0.2) is 42.7 Å². The van der Waals surface area contributed by atoms with E-state index in [4.69, 9.17) is 4.74 Å². The summed E-state index contributed by atoms with van der Waals surface area (Å²) in [7, 11) is 0. The molecule has 0 fully saturated rings. The summed E-state index contributed by atoms with van der Waals surface area (Å²) in [4.78, 5) is 12.9. The molecule has 0 radical (unpaired) electrons. The minimum atomic E-state index is -0.0364. The fraction of sp³-hybridized carbons (Fsp3) is 0.636. The Bertz CT molecular complexity index is 878. The zero-order valence-corrected chi connectivity index (χ0v) is 24.2. The molecule has 0 saturated heterocycles. The van der Waals surface area contributed by atoms with E-state index in [2.05, 4.69) is 49.7 Å². The molecule has 1 heterocycles. The predicted molar refractivity (Wildman–Crippen MR) is 155 cm³/mol. The average Bonchev–Trinajstić information content (AvgIpc) is 2.91. The van der Waals surface area contributed by atoms with Crippen LogP contribution in [-0.2, 0) is 6.54 Å². The number of amides is 1. The van der Waals surface area contributed by atoms with Crippen LogP contribution in [0.5, 0.6) is 5.75 Å². The van der Waals surface area contributed by atoms with Gasteiger partial charge in [-0.05, 0) is 37.0 Å². The van der Waals surface area contributed by atoms with Gasteiger partial charge in [-0.1, -0.05) is 104 Å². The molecule has 1 N–H and O–H groups in total. The van der Waals surface area contributed by atoms with Gasteiger partial charge in [-0.3, -0.25) is 4.79 Å². The molecule has 0 aliphatic heterocycles. The first-order chi connectivity index (χ1) is 18.1. The maximum atomic E-state index is 12.9. The third-order valence-corrected chi connectivity index (χ3v) is 7.31. The van der Waals surface area contributed by atoms with Crippen LogP contribution in [0.2, 0.25) is 0 Å². The second-order valence-corrected chi connectivity index (χ2v) is 10.5. The molecule has 1 aromatic heterocycles. The average molecular weight is 510 g/mol. The summed E-state index contributed by atoms with van der Waals surface area (Å²) in [6.45, 7) is 10.4. The number of unbranched alkanes of at least 4 members (excludes halogenated alkanes) is 11. The van der Waals surface area contributed by atoms with E-state index in [0.717, 1.165) is 49.3 Å². The smallest absolute Gasteiger partial charge is 0.252 e. The topological polar surface area (TPSA) is 42.2 Å². The van der Waals surface area contributed by atoms with Gasteiger partial charge in [-0.25, -0.2) is 4.57 Å². The summed E-state index contributed by atoms with van der Waals surface area (Å²) in [6.07, 6.45) is 22.0. The van der Waals surface area contributed by atoms with E-state index in [-0.39, 0.29) is 11.9 Å². The first-order valence-corrected chi connectivity index (χ1v) is 15.1. The highest BCUT2D eigenvalue weighted by Crippen LogP contribution is 2.28. The number of nitrogens with one attached hydrogen (secondary N) is 1. The summed E-state index contributed by atoms with van der Waals surface area (Å²) in [5.74, 6) is 0.909. The van der Waals surface area contributed by atoms with Crippen molar-refractivity contribution in [2.75, 3.05) is 6.61 Å². The Kier molecular flexibility index (Phi) is 15.7. The highest BCUT2D eigenvalue weighted by molar-refractivity contribution is 5.94. The molecular weight excluding hydrogens is 456 g/mol. The van der Waals surface area contributed by atoms with Crippen LogP contribution < -0.4 is 14.6 Å². The predicted octanol–water partition coefficient (Wildman–Crippen LogP) is 8.65. The van der Waals surface area contributed by atoms with Crippen LogP contribution in [0.25, 0.3) is 0 Å². The van der Waals surface area contributed by atoms with Gasteiger partial charge in [0.1, 0.15) is 12.3 Å². The van der Waals surface area contributed by atoms with E-state index < -0.39 is 0 Å². The number of hydrogen-bond donors (Lipinski definition) is 1. The number of ether oxygens (including phenoxy) is 1. The fourth-order valence-corrected chi connectivity index (χ4v) is 4.95. The van der Waals surface area contributed by atoms with Gasteiger partial charge in [-0.2, -0.15) is 0 Å². The summed E-state index contributed by atoms with van der Waals surface area (Å²) < 4.78 is 8.28. The lowest BCUT2D eigenvalue weighted by Crippen LogP contribution is -2.34. The van der Waals surface area contributed by atoms with Gasteiger partial charge >= 0.3 is 0 Å². The van der Waals surface area contributed by atoms with E-state index in [9.17, 15) is 4.79 Å². The molecule has 0 aliphatic carbocycles. The van der Waals surface area contributed by atoms with E-state index in [1.165, 1.54) is 70.6 Å². The van der Waals surface area contributed by atoms with E-state index in [1.807, 2.05) is 30.6 Å². The minimum Gasteiger partial charge on any atom is -0.493 e. The Morgan fingerprint density at radius 3 is 1.97 bits per heavy atom. The van der Waals surface area contributed by atoms with E-state index in [0.29, 0.717) is 5.56 Å². The molecule has 1 amide bonds. The normalized spacial score (nSPS) is 11.9. The highest BCUT2D eigenvalue weighted by Gasteiger charge is 2.18. The number of rotatable bonds is 20. The number of hydrogen-bond acceptors (Lipinski definition) is 2. The van der Waals surface area contributed by atoms with Crippen molar-refractivity contribution in [2.45, 2.75) is 130 Å². The van der Waals surface area contributed by atoms with Crippen LogP contribution in [0.1, 0.15) is 138 Å². The SMILES string of the molecule is CCCCCCCCCCCCCCOc1cccc(C(CC)NC(=O)c2cc[n+](CCC)cc2)c1C. The Labute approximate surface area is 227 Å². The molecule has 0 saturated carbocycles. The molecule has 1 atom stereocenters. The van der Waals surface area contributed by atoms with Gasteiger partial charge in [0.25, 0.3) is 5.91 Å². The first-order valence-electron chi connectivity index (χ1n) is 15.1. The number of aryl methyl sites for hydroxylation is 1. The Hall–Kier alpha value is -2.36. The molecule has 1 aromatic carbocycles. The van der Waals surface area contributed by atoms with Crippen molar-refractivity contribution in [3.8, 4) is 5.75 Å². The standard InChI is InChI=1S/C33H52N2O2/c1-5-8-9-10-11-12-13-14-15-16-17-18-27-37-32-21-19-20-30(28(32)4)31(7-3)34-33(36)29-22-25-35(24-6-2)26-23-29/h19-23,25-26,31H,5-18,24,27H2,1-4H3/p+1. The maximum absolute atomic E-state index is 12.9. The van der Waals surface area contributed by atoms with Crippen molar-refractivity contribution in [2.24, 2.45) is 0 Å². The number of carbonyl (C=O) groups excluding carboxylic acids is 1. The van der Waals surface area contributed by atoms with Crippen LogP contribution >= 0.6 is 0 Å². The molecule has 4 heteroatoms. The highest BCUT2D eigenvalue weighted by atomic mass is 16.5. The van der Waals surface area contributed by atoms with E-state index >= 15 is 0 Å². The molecule has 1 unspecified atom stereocenters. The van der Waals surface area contributed by atoms with Crippen molar-refractivity contribution in [1.29, 1.82) is 0 Å². The number of pyridine rings is 1. The van der Waals surface area contributed by atoms with Crippen molar-refractivity contribution in [3.63, 3.8) is 0 Å².